The summed E-state index contributed by atoms with van der Waals surface area (Å²) in [6.07, 6.45) is 0. The molecule has 4 aromatic rings. The Hall–Kier alpha value is -3.43. The molecule has 1 aliphatic rings. The van der Waals surface area contributed by atoms with E-state index in [4.69, 9.17) is 19.2 Å². The van der Waals surface area contributed by atoms with Gasteiger partial charge >= 0.3 is 5.69 Å². The van der Waals surface area contributed by atoms with Crippen molar-refractivity contribution in [1.29, 1.82) is 0 Å². The normalized spacial score (nSPS) is 13.9. The van der Waals surface area contributed by atoms with Gasteiger partial charge in [0, 0.05) is 24.7 Å². The summed E-state index contributed by atoms with van der Waals surface area (Å²) in [5.41, 5.74) is 2.76. The van der Waals surface area contributed by atoms with Gasteiger partial charge in [-0.25, -0.2) is 9.78 Å². The van der Waals surface area contributed by atoms with Gasteiger partial charge in [-0.3, -0.25) is 4.57 Å². The number of morpholine rings is 1. The molecule has 0 amide bonds. The number of anilines is 1. The lowest BCUT2D eigenvalue weighted by atomic mass is 10.1. The smallest absolute Gasteiger partial charge is 0.349 e. The fourth-order valence-electron chi connectivity index (χ4n) is 3.90. The molecule has 0 unspecified atom stereocenters. The molecule has 0 atom stereocenters. The van der Waals surface area contributed by atoms with Gasteiger partial charge < -0.3 is 19.1 Å². The molecule has 2 aromatic carbocycles. The molecule has 0 N–H and O–H groups in total. The first-order valence-electron chi connectivity index (χ1n) is 10.7. The molecule has 8 nitrogen and oxygen atoms in total. The zero-order chi connectivity index (χ0) is 22.8. The SMILES string of the molecule is COc1cc(Cn2c(=O)nc(-c3ccccc3)c3nc(N4CCOCC4)sc32)cc(OC)c1. The lowest BCUT2D eigenvalue weighted by Crippen LogP contribution is -2.36. The third kappa shape index (κ3) is 4.29. The van der Waals surface area contributed by atoms with E-state index in [0.29, 0.717) is 37.0 Å². The largest absolute Gasteiger partial charge is 0.497 e. The van der Waals surface area contributed by atoms with Crippen LogP contribution >= 0.6 is 11.3 Å². The molecule has 0 aliphatic carbocycles. The zero-order valence-electron chi connectivity index (χ0n) is 18.5. The Morgan fingerprint density at radius 3 is 2.36 bits per heavy atom. The summed E-state index contributed by atoms with van der Waals surface area (Å²) < 4.78 is 18.0. The lowest BCUT2D eigenvalue weighted by molar-refractivity contribution is 0.122. The van der Waals surface area contributed by atoms with E-state index >= 15 is 0 Å². The molecule has 0 radical (unpaired) electrons. The Morgan fingerprint density at radius 1 is 1.00 bits per heavy atom. The molecule has 170 valence electrons. The van der Waals surface area contributed by atoms with Gasteiger partial charge in [-0.1, -0.05) is 41.7 Å². The summed E-state index contributed by atoms with van der Waals surface area (Å²) in [4.78, 5) is 25.6. The number of hydrogen-bond donors (Lipinski definition) is 0. The molecular formula is C24H24N4O4S. The van der Waals surface area contributed by atoms with Crippen LogP contribution in [0.15, 0.2) is 53.3 Å². The molecule has 9 heteroatoms. The van der Waals surface area contributed by atoms with E-state index in [1.807, 2.05) is 48.5 Å². The minimum Gasteiger partial charge on any atom is -0.497 e. The third-order valence-corrected chi connectivity index (χ3v) is 6.73. The van der Waals surface area contributed by atoms with Crippen molar-refractivity contribution in [3.05, 3.63) is 64.6 Å². The zero-order valence-corrected chi connectivity index (χ0v) is 19.3. The Balaban J connectivity index is 1.66. The van der Waals surface area contributed by atoms with E-state index in [1.54, 1.807) is 18.8 Å². The highest BCUT2D eigenvalue weighted by Crippen LogP contribution is 2.34. The van der Waals surface area contributed by atoms with E-state index < -0.39 is 0 Å². The van der Waals surface area contributed by atoms with Crippen molar-refractivity contribution >= 4 is 26.8 Å². The van der Waals surface area contributed by atoms with E-state index in [1.165, 1.54) is 11.3 Å². The van der Waals surface area contributed by atoms with Crippen molar-refractivity contribution in [3.8, 4) is 22.8 Å². The Bertz CT molecular complexity index is 1310. The summed E-state index contributed by atoms with van der Waals surface area (Å²) in [5, 5.41) is 0.870. The highest BCUT2D eigenvalue weighted by molar-refractivity contribution is 7.22. The van der Waals surface area contributed by atoms with Crippen LogP contribution in [0.2, 0.25) is 0 Å². The predicted octanol–water partition coefficient (Wildman–Crippen LogP) is 3.42. The van der Waals surface area contributed by atoms with Crippen molar-refractivity contribution in [2.24, 2.45) is 0 Å². The second kappa shape index (κ2) is 9.21. The lowest BCUT2D eigenvalue weighted by Gasteiger charge is -2.25. The summed E-state index contributed by atoms with van der Waals surface area (Å²) in [7, 11) is 3.22. The average Bonchev–Trinajstić information content (AvgIpc) is 3.32. The monoisotopic (exact) mass is 464 g/mol. The molecule has 0 spiro atoms. The van der Waals surface area contributed by atoms with Crippen LogP contribution in [0.4, 0.5) is 5.13 Å². The minimum absolute atomic E-state index is 0.319. The quantitative estimate of drug-likeness (QED) is 0.433. The van der Waals surface area contributed by atoms with E-state index in [2.05, 4.69) is 9.88 Å². The van der Waals surface area contributed by atoms with Crippen LogP contribution in [-0.4, -0.2) is 55.1 Å². The van der Waals surface area contributed by atoms with Crippen molar-refractivity contribution < 1.29 is 14.2 Å². The highest BCUT2D eigenvalue weighted by atomic mass is 32.1. The molecule has 1 aliphatic heterocycles. The third-order valence-electron chi connectivity index (χ3n) is 5.59. The van der Waals surface area contributed by atoms with Crippen LogP contribution in [0, 0.1) is 0 Å². The van der Waals surface area contributed by atoms with Gasteiger partial charge in [0.15, 0.2) is 5.13 Å². The molecular weight excluding hydrogens is 440 g/mol. The van der Waals surface area contributed by atoms with Gasteiger partial charge in [-0.2, -0.15) is 4.98 Å². The molecule has 1 saturated heterocycles. The number of methoxy groups -OCH3 is 2. The van der Waals surface area contributed by atoms with Crippen molar-refractivity contribution in [3.63, 3.8) is 0 Å². The van der Waals surface area contributed by atoms with Crippen LogP contribution < -0.4 is 20.1 Å². The number of thiazole rings is 1. The number of rotatable bonds is 6. The Labute approximate surface area is 195 Å². The summed E-state index contributed by atoms with van der Waals surface area (Å²) in [5.74, 6) is 1.33. The molecule has 0 saturated carbocycles. The van der Waals surface area contributed by atoms with E-state index in [-0.39, 0.29) is 5.69 Å². The van der Waals surface area contributed by atoms with Crippen LogP contribution in [0.25, 0.3) is 21.6 Å². The topological polar surface area (TPSA) is 78.7 Å². The summed E-state index contributed by atoms with van der Waals surface area (Å²) in [6, 6.07) is 15.3. The number of hydrogen-bond acceptors (Lipinski definition) is 8. The molecule has 3 heterocycles. The Morgan fingerprint density at radius 2 is 1.70 bits per heavy atom. The number of nitrogens with zero attached hydrogens (tertiary/aromatic N) is 4. The van der Waals surface area contributed by atoms with Gasteiger partial charge in [0.1, 0.15) is 27.5 Å². The second-order valence-electron chi connectivity index (χ2n) is 7.67. The van der Waals surface area contributed by atoms with Gasteiger partial charge in [0.2, 0.25) is 0 Å². The fraction of sp³-hybridized carbons (Fsp3) is 0.292. The molecule has 5 rings (SSSR count). The highest BCUT2D eigenvalue weighted by Gasteiger charge is 2.21. The van der Waals surface area contributed by atoms with Crippen LogP contribution in [0.1, 0.15) is 5.56 Å². The first-order chi connectivity index (χ1) is 16.2. The number of fused-ring (bicyclic) bond motifs is 1. The fourth-order valence-corrected chi connectivity index (χ4v) is 5.01. The van der Waals surface area contributed by atoms with E-state index in [0.717, 1.165) is 39.7 Å². The first kappa shape index (κ1) is 21.4. The van der Waals surface area contributed by atoms with Gasteiger partial charge in [-0.15, -0.1) is 0 Å². The molecule has 1 fully saturated rings. The van der Waals surface area contributed by atoms with Gasteiger partial charge in [0.05, 0.1) is 34.0 Å². The Kier molecular flexibility index (Phi) is 5.97. The first-order valence-corrected chi connectivity index (χ1v) is 11.5. The molecule has 0 bridgehead atoms. The van der Waals surface area contributed by atoms with Crippen LogP contribution in [0.3, 0.4) is 0 Å². The maximum Gasteiger partial charge on any atom is 0.349 e. The molecule has 33 heavy (non-hydrogen) atoms. The maximum atomic E-state index is 13.3. The van der Waals surface area contributed by atoms with E-state index in [9.17, 15) is 4.79 Å². The maximum absolute atomic E-state index is 13.3. The predicted molar refractivity (Wildman–Crippen MR) is 129 cm³/mol. The molecule has 2 aromatic heterocycles. The second-order valence-corrected chi connectivity index (χ2v) is 8.62. The standard InChI is InChI=1S/C24H24N4O4S/c1-30-18-12-16(13-19(14-18)31-2)15-28-22-21(26-24(33-22)27-8-10-32-11-9-27)20(25-23(28)29)17-6-4-3-5-7-17/h3-7,12-14H,8-11,15H2,1-2H3. The number of aromatic nitrogens is 3. The van der Waals surface area contributed by atoms with Crippen LogP contribution in [-0.2, 0) is 11.3 Å². The summed E-state index contributed by atoms with van der Waals surface area (Å²) in [6.45, 7) is 3.19. The van der Waals surface area contributed by atoms with Crippen molar-refractivity contribution in [2.75, 3.05) is 45.4 Å². The number of benzene rings is 2. The summed E-state index contributed by atoms with van der Waals surface area (Å²) >= 11 is 1.51. The van der Waals surface area contributed by atoms with Gasteiger partial charge in [0.25, 0.3) is 0 Å². The van der Waals surface area contributed by atoms with Crippen LogP contribution in [0.5, 0.6) is 11.5 Å². The van der Waals surface area contributed by atoms with Crippen molar-refractivity contribution in [2.45, 2.75) is 6.54 Å². The average molecular weight is 465 g/mol. The number of ether oxygens (including phenoxy) is 3. The van der Waals surface area contributed by atoms with Gasteiger partial charge in [-0.05, 0) is 17.7 Å². The minimum atomic E-state index is -0.319. The van der Waals surface area contributed by atoms with Crippen molar-refractivity contribution in [1.82, 2.24) is 14.5 Å².